The minimum absolute atomic E-state index is 0.131. The van der Waals surface area contributed by atoms with Crippen LogP contribution in [0.25, 0.3) is 16.4 Å². The molecule has 2 heterocycles. The molecule has 1 N–H and O–H groups in total. The Hall–Kier alpha value is -3.11. The third kappa shape index (κ3) is 4.10. The second kappa shape index (κ2) is 8.72. The predicted molar refractivity (Wildman–Crippen MR) is 110 cm³/mol. The van der Waals surface area contributed by atoms with Crippen LogP contribution in [0.3, 0.4) is 0 Å². The molecule has 152 valence electrons. The predicted octanol–water partition coefficient (Wildman–Crippen LogP) is 5.14. The number of para-hydroxylation sites is 1. The first kappa shape index (κ1) is 20.2. The number of benzene rings is 2. The molecule has 0 saturated carbocycles. The smallest absolute Gasteiger partial charge is 0.234 e. The van der Waals surface area contributed by atoms with Gasteiger partial charge in [0.1, 0.15) is 0 Å². The SMILES string of the molecule is O=C(CSc1nnc(-c2cccs2)n1-c1ccccc1)Nc1ccc(F)c(F)c1F. The summed E-state index contributed by atoms with van der Waals surface area (Å²) in [6.45, 7) is 0. The van der Waals surface area contributed by atoms with E-state index in [9.17, 15) is 18.0 Å². The average Bonchev–Trinajstić information content (AvgIpc) is 3.43. The van der Waals surface area contributed by atoms with Crippen LogP contribution in [0.2, 0.25) is 0 Å². The first-order valence-corrected chi connectivity index (χ1v) is 10.5. The van der Waals surface area contributed by atoms with Gasteiger partial charge in [-0.15, -0.1) is 21.5 Å². The number of halogens is 3. The van der Waals surface area contributed by atoms with Crippen molar-refractivity contribution in [3.63, 3.8) is 0 Å². The Morgan fingerprint density at radius 3 is 2.53 bits per heavy atom. The Kier molecular flexibility index (Phi) is 5.86. The zero-order valence-electron chi connectivity index (χ0n) is 15.2. The fraction of sp³-hybridized carbons (Fsp3) is 0.0500. The van der Waals surface area contributed by atoms with E-state index in [2.05, 4.69) is 15.5 Å². The molecule has 2 aromatic carbocycles. The summed E-state index contributed by atoms with van der Waals surface area (Å²) < 4.78 is 42.0. The van der Waals surface area contributed by atoms with Crippen molar-refractivity contribution in [3.05, 3.63) is 77.4 Å². The second-order valence-corrected chi connectivity index (χ2v) is 7.90. The molecule has 5 nitrogen and oxygen atoms in total. The number of carbonyl (C=O) groups excluding carboxylic acids is 1. The van der Waals surface area contributed by atoms with Crippen LogP contribution in [0, 0.1) is 17.5 Å². The maximum absolute atomic E-state index is 13.8. The van der Waals surface area contributed by atoms with Crippen molar-refractivity contribution in [2.75, 3.05) is 11.1 Å². The van der Waals surface area contributed by atoms with Gasteiger partial charge in [-0.25, -0.2) is 13.2 Å². The number of hydrogen-bond acceptors (Lipinski definition) is 5. The van der Waals surface area contributed by atoms with Crippen molar-refractivity contribution >= 4 is 34.7 Å². The third-order valence-electron chi connectivity index (χ3n) is 4.03. The van der Waals surface area contributed by atoms with E-state index in [-0.39, 0.29) is 5.75 Å². The Balaban J connectivity index is 1.55. The van der Waals surface area contributed by atoms with Gasteiger partial charge in [0.15, 0.2) is 28.4 Å². The number of nitrogens with zero attached hydrogens (tertiary/aromatic N) is 3. The highest BCUT2D eigenvalue weighted by atomic mass is 32.2. The van der Waals surface area contributed by atoms with Gasteiger partial charge in [0.25, 0.3) is 0 Å². The number of anilines is 1. The van der Waals surface area contributed by atoms with Gasteiger partial charge in [-0.3, -0.25) is 9.36 Å². The summed E-state index contributed by atoms with van der Waals surface area (Å²) in [6.07, 6.45) is 0. The van der Waals surface area contributed by atoms with Crippen LogP contribution in [0.15, 0.2) is 65.1 Å². The summed E-state index contributed by atoms with van der Waals surface area (Å²) in [4.78, 5) is 13.2. The molecular formula is C20H13F3N4OS2. The van der Waals surface area contributed by atoms with Gasteiger partial charge in [0, 0.05) is 5.69 Å². The number of rotatable bonds is 6. The van der Waals surface area contributed by atoms with Gasteiger partial charge in [-0.05, 0) is 35.7 Å². The Morgan fingerprint density at radius 2 is 1.80 bits per heavy atom. The maximum Gasteiger partial charge on any atom is 0.234 e. The minimum atomic E-state index is -1.63. The normalized spacial score (nSPS) is 10.9. The molecule has 30 heavy (non-hydrogen) atoms. The van der Waals surface area contributed by atoms with Crippen molar-refractivity contribution < 1.29 is 18.0 Å². The molecule has 4 rings (SSSR count). The topological polar surface area (TPSA) is 59.8 Å². The van der Waals surface area contributed by atoms with E-state index in [1.165, 1.54) is 11.3 Å². The van der Waals surface area contributed by atoms with E-state index in [1.807, 2.05) is 52.4 Å². The molecule has 0 radical (unpaired) electrons. The van der Waals surface area contributed by atoms with Crippen molar-refractivity contribution in [2.24, 2.45) is 0 Å². The van der Waals surface area contributed by atoms with Crippen LogP contribution in [0.4, 0.5) is 18.9 Å². The highest BCUT2D eigenvalue weighted by molar-refractivity contribution is 7.99. The molecule has 0 aliphatic heterocycles. The Bertz CT molecular complexity index is 1180. The fourth-order valence-electron chi connectivity index (χ4n) is 2.68. The molecule has 2 aromatic heterocycles. The lowest BCUT2D eigenvalue weighted by Gasteiger charge is -2.10. The van der Waals surface area contributed by atoms with E-state index in [4.69, 9.17) is 0 Å². The zero-order valence-corrected chi connectivity index (χ0v) is 16.8. The summed E-state index contributed by atoms with van der Waals surface area (Å²) in [5, 5.41) is 13.1. The lowest BCUT2D eigenvalue weighted by atomic mass is 10.3. The molecular weight excluding hydrogens is 433 g/mol. The molecule has 0 saturated heterocycles. The molecule has 0 aliphatic rings. The van der Waals surface area contributed by atoms with Gasteiger partial charge in [-0.2, -0.15) is 0 Å². The highest BCUT2D eigenvalue weighted by Gasteiger charge is 2.19. The monoisotopic (exact) mass is 446 g/mol. The van der Waals surface area contributed by atoms with Crippen molar-refractivity contribution in [2.45, 2.75) is 5.16 Å². The van der Waals surface area contributed by atoms with Crippen molar-refractivity contribution in [1.29, 1.82) is 0 Å². The van der Waals surface area contributed by atoms with Gasteiger partial charge in [0.2, 0.25) is 5.91 Å². The Morgan fingerprint density at radius 1 is 1.00 bits per heavy atom. The summed E-state index contributed by atoms with van der Waals surface area (Å²) in [5.74, 6) is -4.49. The second-order valence-electron chi connectivity index (χ2n) is 6.01. The molecule has 10 heteroatoms. The summed E-state index contributed by atoms with van der Waals surface area (Å²) >= 11 is 2.60. The quantitative estimate of drug-likeness (QED) is 0.329. The van der Waals surface area contributed by atoms with E-state index in [0.717, 1.165) is 34.5 Å². The first-order valence-electron chi connectivity index (χ1n) is 8.65. The number of aromatic nitrogens is 3. The van der Waals surface area contributed by atoms with Gasteiger partial charge < -0.3 is 5.32 Å². The molecule has 0 bridgehead atoms. The third-order valence-corrected chi connectivity index (χ3v) is 5.83. The van der Waals surface area contributed by atoms with Crippen LogP contribution in [-0.2, 0) is 4.79 Å². The van der Waals surface area contributed by atoms with Crippen LogP contribution in [0.5, 0.6) is 0 Å². The lowest BCUT2D eigenvalue weighted by molar-refractivity contribution is -0.113. The van der Waals surface area contributed by atoms with Crippen LogP contribution in [0.1, 0.15) is 0 Å². The highest BCUT2D eigenvalue weighted by Crippen LogP contribution is 2.30. The first-order chi connectivity index (χ1) is 14.5. The van der Waals surface area contributed by atoms with Gasteiger partial charge in [-0.1, -0.05) is 36.0 Å². The Labute approximate surface area is 177 Å². The van der Waals surface area contributed by atoms with E-state index in [0.29, 0.717) is 11.0 Å². The van der Waals surface area contributed by atoms with Crippen molar-refractivity contribution in [1.82, 2.24) is 14.8 Å². The van der Waals surface area contributed by atoms with Gasteiger partial charge >= 0.3 is 0 Å². The maximum atomic E-state index is 13.8. The molecule has 0 aliphatic carbocycles. The van der Waals surface area contributed by atoms with Crippen LogP contribution in [-0.4, -0.2) is 26.4 Å². The largest absolute Gasteiger partial charge is 0.323 e. The summed E-state index contributed by atoms with van der Waals surface area (Å²) in [7, 11) is 0. The standard InChI is InChI=1S/C20H13F3N4OS2/c21-13-8-9-14(18(23)17(13)22)24-16(28)11-30-20-26-25-19(15-7-4-10-29-15)27(20)12-5-2-1-3-6-12/h1-10H,11H2,(H,24,28). The number of hydrogen-bond donors (Lipinski definition) is 1. The molecule has 0 spiro atoms. The van der Waals surface area contributed by atoms with E-state index in [1.54, 1.807) is 0 Å². The zero-order chi connectivity index (χ0) is 21.1. The van der Waals surface area contributed by atoms with Gasteiger partial charge in [0.05, 0.1) is 16.3 Å². The van der Waals surface area contributed by atoms with Crippen LogP contribution >= 0.6 is 23.1 Å². The van der Waals surface area contributed by atoms with Crippen LogP contribution < -0.4 is 5.32 Å². The summed E-state index contributed by atoms with van der Waals surface area (Å²) in [6, 6.07) is 15.0. The molecule has 0 unspecified atom stereocenters. The minimum Gasteiger partial charge on any atom is -0.323 e. The number of carbonyl (C=O) groups is 1. The average molecular weight is 446 g/mol. The number of nitrogens with one attached hydrogen (secondary N) is 1. The van der Waals surface area contributed by atoms with E-state index < -0.39 is 29.0 Å². The molecule has 0 atom stereocenters. The summed E-state index contributed by atoms with van der Waals surface area (Å²) in [5.41, 5.74) is 0.392. The molecule has 4 aromatic rings. The van der Waals surface area contributed by atoms with E-state index >= 15 is 0 Å². The number of thioether (sulfide) groups is 1. The lowest BCUT2D eigenvalue weighted by Crippen LogP contribution is -2.16. The fourth-order valence-corrected chi connectivity index (χ4v) is 4.13. The number of amides is 1. The molecule has 0 fully saturated rings. The number of thiophene rings is 1. The molecule has 1 amide bonds. The van der Waals surface area contributed by atoms with Crippen molar-refractivity contribution in [3.8, 4) is 16.4 Å².